The molecule has 0 aliphatic carbocycles. The molecule has 1 fully saturated rings. The van der Waals surface area contributed by atoms with Gasteiger partial charge >= 0.3 is 0 Å². The third kappa shape index (κ3) is 2.09. The molecule has 0 aromatic rings. The van der Waals surface area contributed by atoms with E-state index in [0.717, 1.165) is 32.2 Å². The van der Waals surface area contributed by atoms with Crippen LogP contribution in [0, 0.1) is 5.41 Å². The van der Waals surface area contributed by atoms with E-state index in [1.54, 1.807) is 7.11 Å². The zero-order chi connectivity index (χ0) is 9.73. The molecule has 3 heteroatoms. The number of rotatable bonds is 5. The van der Waals surface area contributed by atoms with Gasteiger partial charge in [0.1, 0.15) is 6.29 Å². The zero-order valence-electron chi connectivity index (χ0n) is 8.41. The molecular weight excluding hydrogens is 168 g/mol. The predicted octanol–water partition coefficient (Wildman–Crippen LogP) is 1.75. The number of hydrogen-bond acceptors (Lipinski definition) is 3. The molecule has 0 N–H and O–H groups in total. The van der Waals surface area contributed by atoms with Gasteiger partial charge in [-0.25, -0.2) is 0 Å². The lowest BCUT2D eigenvalue weighted by atomic mass is 9.79. The second-order valence-electron chi connectivity index (χ2n) is 3.61. The van der Waals surface area contributed by atoms with Gasteiger partial charge in [-0.3, -0.25) is 0 Å². The van der Waals surface area contributed by atoms with E-state index in [4.69, 9.17) is 9.47 Å². The number of carbonyl (C=O) groups excluding carboxylic acids is 1. The van der Waals surface area contributed by atoms with Crippen LogP contribution in [0.15, 0.2) is 0 Å². The Kier molecular flexibility index (Phi) is 3.88. The molecule has 0 saturated carbocycles. The second-order valence-corrected chi connectivity index (χ2v) is 3.61. The molecule has 0 radical (unpaired) electrons. The van der Waals surface area contributed by atoms with Crippen LogP contribution in [0.25, 0.3) is 0 Å². The third-order valence-electron chi connectivity index (χ3n) is 3.05. The van der Waals surface area contributed by atoms with Crippen LogP contribution in [0.5, 0.6) is 0 Å². The van der Waals surface area contributed by atoms with Crippen molar-refractivity contribution < 1.29 is 14.3 Å². The topological polar surface area (TPSA) is 35.5 Å². The molecule has 1 aliphatic heterocycles. The van der Waals surface area contributed by atoms with Crippen LogP contribution in [-0.2, 0) is 14.3 Å². The van der Waals surface area contributed by atoms with Gasteiger partial charge in [0, 0.05) is 18.9 Å². The average molecular weight is 186 g/mol. The minimum absolute atomic E-state index is 0.0790. The summed E-state index contributed by atoms with van der Waals surface area (Å²) in [6, 6.07) is 0. The van der Waals surface area contributed by atoms with E-state index in [0.29, 0.717) is 6.42 Å². The molecule has 0 aromatic heterocycles. The summed E-state index contributed by atoms with van der Waals surface area (Å²) in [5.74, 6) is 0. The molecule has 1 aliphatic rings. The van der Waals surface area contributed by atoms with Crippen molar-refractivity contribution in [3.05, 3.63) is 0 Å². The minimum Gasteiger partial charge on any atom is -0.355 e. The first kappa shape index (κ1) is 10.7. The van der Waals surface area contributed by atoms with Crippen molar-refractivity contribution in [1.82, 2.24) is 0 Å². The summed E-state index contributed by atoms with van der Waals surface area (Å²) in [6.45, 7) is 2.89. The van der Waals surface area contributed by atoms with Crippen molar-refractivity contribution in [3.8, 4) is 0 Å². The van der Waals surface area contributed by atoms with Gasteiger partial charge in [-0.2, -0.15) is 0 Å². The summed E-state index contributed by atoms with van der Waals surface area (Å²) >= 11 is 0. The van der Waals surface area contributed by atoms with Crippen molar-refractivity contribution >= 4 is 6.29 Å². The molecule has 13 heavy (non-hydrogen) atoms. The zero-order valence-corrected chi connectivity index (χ0v) is 8.41. The normalized spacial score (nSPS) is 33.5. The predicted molar refractivity (Wildman–Crippen MR) is 49.4 cm³/mol. The monoisotopic (exact) mass is 186 g/mol. The van der Waals surface area contributed by atoms with E-state index in [9.17, 15) is 4.79 Å². The fraction of sp³-hybridized carbons (Fsp3) is 0.900. The highest BCUT2D eigenvalue weighted by Crippen LogP contribution is 2.42. The molecule has 0 amide bonds. The summed E-state index contributed by atoms with van der Waals surface area (Å²) in [7, 11) is 1.67. The molecule has 2 atom stereocenters. The molecule has 1 rings (SSSR count). The lowest BCUT2D eigenvalue weighted by Gasteiger charge is -2.31. The Morgan fingerprint density at radius 3 is 3.00 bits per heavy atom. The standard InChI is InChI=1S/C10H18O3/c1-3-10(5-4-7-11)6-8-13-9(10)12-2/h7,9H,3-6,8H2,1-2H3/t9-,10+/m0/s1. The molecule has 0 spiro atoms. The van der Waals surface area contributed by atoms with E-state index in [-0.39, 0.29) is 11.7 Å². The fourth-order valence-electron chi connectivity index (χ4n) is 2.09. The van der Waals surface area contributed by atoms with E-state index >= 15 is 0 Å². The lowest BCUT2D eigenvalue weighted by molar-refractivity contribution is -0.146. The highest BCUT2D eigenvalue weighted by Gasteiger charge is 2.42. The molecule has 0 bridgehead atoms. The smallest absolute Gasteiger partial charge is 0.162 e. The summed E-state index contributed by atoms with van der Waals surface area (Å²) in [5.41, 5.74) is 0.0790. The first-order valence-electron chi connectivity index (χ1n) is 4.87. The van der Waals surface area contributed by atoms with Gasteiger partial charge < -0.3 is 14.3 Å². The molecule has 0 aromatic carbocycles. The first-order valence-corrected chi connectivity index (χ1v) is 4.87. The average Bonchev–Trinajstić information content (AvgIpc) is 2.58. The molecular formula is C10H18O3. The summed E-state index contributed by atoms with van der Waals surface area (Å²) < 4.78 is 10.7. The first-order chi connectivity index (χ1) is 6.29. The van der Waals surface area contributed by atoms with E-state index < -0.39 is 0 Å². The molecule has 1 saturated heterocycles. The van der Waals surface area contributed by atoms with Crippen molar-refractivity contribution in [2.75, 3.05) is 13.7 Å². The van der Waals surface area contributed by atoms with Crippen molar-refractivity contribution in [1.29, 1.82) is 0 Å². The second kappa shape index (κ2) is 4.72. The van der Waals surface area contributed by atoms with Gasteiger partial charge in [0.05, 0.1) is 6.61 Å². The lowest BCUT2D eigenvalue weighted by Crippen LogP contribution is -2.32. The summed E-state index contributed by atoms with van der Waals surface area (Å²) in [6.07, 6.45) is 4.37. The Hall–Kier alpha value is -0.410. The van der Waals surface area contributed by atoms with Gasteiger partial charge in [0.25, 0.3) is 0 Å². The van der Waals surface area contributed by atoms with Crippen LogP contribution in [0.2, 0.25) is 0 Å². The van der Waals surface area contributed by atoms with Gasteiger partial charge in [0.2, 0.25) is 0 Å². The highest BCUT2D eigenvalue weighted by atomic mass is 16.7. The summed E-state index contributed by atoms with van der Waals surface area (Å²) in [5, 5.41) is 0. The Morgan fingerprint density at radius 1 is 1.69 bits per heavy atom. The maximum Gasteiger partial charge on any atom is 0.162 e. The van der Waals surface area contributed by atoms with Crippen LogP contribution in [0.1, 0.15) is 32.6 Å². The van der Waals surface area contributed by atoms with Crippen LogP contribution in [0.3, 0.4) is 0 Å². The molecule has 1 heterocycles. The van der Waals surface area contributed by atoms with Crippen molar-refractivity contribution in [2.45, 2.75) is 38.9 Å². The SMILES string of the molecule is CC[C@@]1(CCC=O)CCO[C@@H]1OC. The van der Waals surface area contributed by atoms with Crippen LogP contribution in [-0.4, -0.2) is 26.3 Å². The van der Waals surface area contributed by atoms with Crippen molar-refractivity contribution in [3.63, 3.8) is 0 Å². The maximum atomic E-state index is 10.3. The minimum atomic E-state index is -0.113. The van der Waals surface area contributed by atoms with E-state index in [1.807, 2.05) is 0 Å². The Bertz CT molecular complexity index is 170. The number of hydrogen-bond donors (Lipinski definition) is 0. The van der Waals surface area contributed by atoms with E-state index in [2.05, 4.69) is 6.92 Å². The van der Waals surface area contributed by atoms with Crippen LogP contribution in [0.4, 0.5) is 0 Å². The number of carbonyl (C=O) groups is 1. The molecule has 76 valence electrons. The van der Waals surface area contributed by atoms with Gasteiger partial charge in [-0.05, 0) is 19.3 Å². The van der Waals surface area contributed by atoms with Crippen LogP contribution < -0.4 is 0 Å². The number of methoxy groups -OCH3 is 1. The maximum absolute atomic E-state index is 10.3. The fourth-order valence-corrected chi connectivity index (χ4v) is 2.09. The van der Waals surface area contributed by atoms with E-state index in [1.165, 1.54) is 0 Å². The summed E-state index contributed by atoms with van der Waals surface area (Å²) in [4.78, 5) is 10.3. The Labute approximate surface area is 79.4 Å². The number of ether oxygens (including phenoxy) is 2. The van der Waals surface area contributed by atoms with Gasteiger partial charge in [-0.1, -0.05) is 6.92 Å². The van der Waals surface area contributed by atoms with Gasteiger partial charge in [0.15, 0.2) is 6.29 Å². The molecule has 0 unspecified atom stereocenters. The quantitative estimate of drug-likeness (QED) is 0.614. The van der Waals surface area contributed by atoms with Crippen molar-refractivity contribution in [2.24, 2.45) is 5.41 Å². The van der Waals surface area contributed by atoms with Crippen LogP contribution >= 0.6 is 0 Å². The highest BCUT2D eigenvalue weighted by molar-refractivity contribution is 5.49. The number of aldehydes is 1. The Balaban J connectivity index is 2.60. The third-order valence-corrected chi connectivity index (χ3v) is 3.05. The molecule has 3 nitrogen and oxygen atoms in total. The largest absolute Gasteiger partial charge is 0.355 e. The van der Waals surface area contributed by atoms with Gasteiger partial charge in [-0.15, -0.1) is 0 Å². The Morgan fingerprint density at radius 2 is 2.46 bits per heavy atom.